The summed E-state index contributed by atoms with van der Waals surface area (Å²) in [5.74, 6) is 0.119. The molecule has 2 heterocycles. The maximum Gasteiger partial charge on any atom is 0.254 e. The molecule has 1 amide bonds. The molecule has 1 aliphatic carbocycles. The minimum absolute atomic E-state index is 0.119. The number of piperazine rings is 1. The predicted molar refractivity (Wildman–Crippen MR) is 92.9 cm³/mol. The molecule has 6 nitrogen and oxygen atoms in total. The topological polar surface area (TPSA) is 54.3 Å². The van der Waals surface area contributed by atoms with Gasteiger partial charge in [-0.2, -0.15) is 0 Å². The van der Waals surface area contributed by atoms with Gasteiger partial charge in [0.1, 0.15) is 5.52 Å². The number of rotatable bonds is 3. The first-order valence-corrected chi connectivity index (χ1v) is 9.13. The van der Waals surface area contributed by atoms with Crippen LogP contribution in [0.1, 0.15) is 43.0 Å². The molecule has 1 saturated carbocycles. The molecule has 6 heteroatoms. The van der Waals surface area contributed by atoms with E-state index in [9.17, 15) is 4.79 Å². The lowest BCUT2D eigenvalue weighted by molar-refractivity contribution is 0.0573. The molecule has 0 N–H and O–H groups in total. The van der Waals surface area contributed by atoms with E-state index in [0.717, 1.165) is 55.4 Å². The van der Waals surface area contributed by atoms with E-state index < -0.39 is 0 Å². The molecule has 24 heavy (non-hydrogen) atoms. The zero-order valence-electron chi connectivity index (χ0n) is 14.3. The fourth-order valence-corrected chi connectivity index (χ4v) is 4.08. The molecule has 128 valence electrons. The number of amides is 1. The van der Waals surface area contributed by atoms with Crippen LogP contribution >= 0.6 is 0 Å². The number of benzene rings is 1. The Hall–Kier alpha value is -1.95. The van der Waals surface area contributed by atoms with E-state index >= 15 is 0 Å². The fourth-order valence-electron chi connectivity index (χ4n) is 4.08. The Morgan fingerprint density at radius 3 is 2.62 bits per heavy atom. The zero-order valence-corrected chi connectivity index (χ0v) is 14.3. The van der Waals surface area contributed by atoms with Crippen molar-refractivity contribution in [2.24, 2.45) is 0 Å². The normalized spacial score (nSPS) is 20.1. The molecule has 0 atom stereocenters. The second-order valence-corrected chi connectivity index (χ2v) is 6.88. The Bertz CT molecular complexity index is 726. The summed E-state index contributed by atoms with van der Waals surface area (Å²) in [5, 5.41) is 8.29. The summed E-state index contributed by atoms with van der Waals surface area (Å²) in [6.45, 7) is 6.49. The van der Waals surface area contributed by atoms with E-state index in [1.54, 1.807) is 0 Å². The summed E-state index contributed by atoms with van der Waals surface area (Å²) in [7, 11) is 0. The van der Waals surface area contributed by atoms with Crippen molar-refractivity contribution in [1.29, 1.82) is 0 Å². The van der Waals surface area contributed by atoms with Crippen molar-refractivity contribution in [2.45, 2.75) is 45.2 Å². The van der Waals surface area contributed by atoms with Crippen molar-refractivity contribution in [2.75, 3.05) is 26.2 Å². The quantitative estimate of drug-likeness (QED) is 0.867. The Labute approximate surface area is 142 Å². The van der Waals surface area contributed by atoms with Gasteiger partial charge < -0.3 is 4.90 Å². The molecule has 1 saturated heterocycles. The van der Waals surface area contributed by atoms with Crippen LogP contribution in [0.3, 0.4) is 0 Å². The Morgan fingerprint density at radius 1 is 1.17 bits per heavy atom. The molecule has 2 aliphatic rings. The monoisotopic (exact) mass is 327 g/mol. The molecule has 2 fully saturated rings. The Kier molecular flexibility index (Phi) is 4.22. The van der Waals surface area contributed by atoms with Gasteiger partial charge in [-0.1, -0.05) is 18.1 Å². The van der Waals surface area contributed by atoms with E-state index in [0.29, 0.717) is 0 Å². The van der Waals surface area contributed by atoms with Gasteiger partial charge in [0.2, 0.25) is 0 Å². The third-order valence-electron chi connectivity index (χ3n) is 5.50. The maximum absolute atomic E-state index is 12.8. The number of carbonyl (C=O) groups is 1. The first-order chi connectivity index (χ1) is 11.8. The number of hydrogen-bond acceptors (Lipinski definition) is 4. The van der Waals surface area contributed by atoms with E-state index in [1.807, 2.05) is 34.7 Å². The molecular weight excluding hydrogens is 302 g/mol. The van der Waals surface area contributed by atoms with Crippen LogP contribution in [0.15, 0.2) is 18.2 Å². The minimum Gasteiger partial charge on any atom is -0.336 e. The average Bonchev–Trinajstić information content (AvgIpc) is 3.30. The van der Waals surface area contributed by atoms with Crippen molar-refractivity contribution >= 4 is 16.9 Å². The van der Waals surface area contributed by atoms with Gasteiger partial charge in [-0.3, -0.25) is 9.69 Å². The molecule has 1 aliphatic heterocycles. The van der Waals surface area contributed by atoms with Gasteiger partial charge in [0.15, 0.2) is 0 Å². The van der Waals surface area contributed by atoms with Gasteiger partial charge in [-0.25, -0.2) is 4.68 Å². The van der Waals surface area contributed by atoms with Crippen molar-refractivity contribution < 1.29 is 4.79 Å². The fraction of sp³-hybridized carbons (Fsp3) is 0.611. The average molecular weight is 327 g/mol. The molecule has 0 radical (unpaired) electrons. The van der Waals surface area contributed by atoms with Crippen molar-refractivity contribution in [1.82, 2.24) is 24.8 Å². The summed E-state index contributed by atoms with van der Waals surface area (Å²) in [6, 6.07) is 6.49. The van der Waals surface area contributed by atoms with Crippen LogP contribution in [0, 0.1) is 0 Å². The molecular formula is C18H25N5O. The van der Waals surface area contributed by atoms with Gasteiger partial charge in [0.25, 0.3) is 5.91 Å². The van der Waals surface area contributed by atoms with Crippen LogP contribution < -0.4 is 0 Å². The van der Waals surface area contributed by atoms with Gasteiger partial charge in [0.05, 0.1) is 5.52 Å². The first kappa shape index (κ1) is 15.6. The van der Waals surface area contributed by atoms with Gasteiger partial charge in [-0.15, -0.1) is 5.10 Å². The lowest BCUT2D eigenvalue weighted by Gasteiger charge is -2.38. The SMILES string of the molecule is CCn1nnc2cc(C(=O)N3CCN(C4CCCC4)CC3)ccc21. The van der Waals surface area contributed by atoms with Crippen LogP contribution in [0.4, 0.5) is 0 Å². The summed E-state index contributed by atoms with van der Waals surface area (Å²) in [6.07, 6.45) is 5.39. The Morgan fingerprint density at radius 2 is 1.92 bits per heavy atom. The molecule has 1 aromatic heterocycles. The lowest BCUT2D eigenvalue weighted by Crippen LogP contribution is -2.51. The second-order valence-electron chi connectivity index (χ2n) is 6.88. The van der Waals surface area contributed by atoms with Crippen molar-refractivity contribution in [3.05, 3.63) is 23.8 Å². The molecule has 4 rings (SSSR count). The largest absolute Gasteiger partial charge is 0.336 e. The molecule has 0 spiro atoms. The summed E-state index contributed by atoms with van der Waals surface area (Å²) >= 11 is 0. The van der Waals surface area contributed by atoms with Crippen LogP contribution in [-0.4, -0.2) is 62.9 Å². The highest BCUT2D eigenvalue weighted by atomic mass is 16.2. The predicted octanol–water partition coefficient (Wildman–Crippen LogP) is 2.15. The number of aromatic nitrogens is 3. The van der Waals surface area contributed by atoms with Crippen LogP contribution in [0.2, 0.25) is 0 Å². The summed E-state index contributed by atoms with van der Waals surface area (Å²) in [4.78, 5) is 17.4. The standard InChI is InChI=1S/C18H25N5O/c1-2-23-17-8-7-14(13-16(17)19-20-23)18(24)22-11-9-21(10-12-22)15-5-3-4-6-15/h7-8,13,15H,2-6,9-12H2,1H3. The highest BCUT2D eigenvalue weighted by molar-refractivity contribution is 5.97. The first-order valence-electron chi connectivity index (χ1n) is 9.13. The molecule has 0 bridgehead atoms. The summed E-state index contributed by atoms with van der Waals surface area (Å²) in [5.41, 5.74) is 2.51. The minimum atomic E-state index is 0.119. The molecule has 0 unspecified atom stereocenters. The van der Waals surface area contributed by atoms with E-state index in [2.05, 4.69) is 15.2 Å². The van der Waals surface area contributed by atoms with Crippen LogP contribution in [0.25, 0.3) is 11.0 Å². The number of nitrogens with zero attached hydrogens (tertiary/aromatic N) is 5. The van der Waals surface area contributed by atoms with Crippen molar-refractivity contribution in [3.63, 3.8) is 0 Å². The lowest BCUT2D eigenvalue weighted by atomic mass is 10.1. The third-order valence-corrected chi connectivity index (χ3v) is 5.50. The molecule has 1 aromatic carbocycles. The number of fused-ring (bicyclic) bond motifs is 1. The highest BCUT2D eigenvalue weighted by Crippen LogP contribution is 2.24. The molecule has 2 aromatic rings. The number of hydrogen-bond donors (Lipinski definition) is 0. The van der Waals surface area contributed by atoms with E-state index in [1.165, 1.54) is 25.7 Å². The van der Waals surface area contributed by atoms with E-state index in [4.69, 9.17) is 0 Å². The smallest absolute Gasteiger partial charge is 0.254 e. The summed E-state index contributed by atoms with van der Waals surface area (Å²) < 4.78 is 1.85. The van der Waals surface area contributed by atoms with Crippen LogP contribution in [0.5, 0.6) is 0 Å². The maximum atomic E-state index is 12.8. The van der Waals surface area contributed by atoms with Crippen LogP contribution in [-0.2, 0) is 6.54 Å². The zero-order chi connectivity index (χ0) is 16.5. The number of carbonyl (C=O) groups excluding carboxylic acids is 1. The second kappa shape index (κ2) is 6.51. The third kappa shape index (κ3) is 2.79. The number of aryl methyl sites for hydroxylation is 1. The van der Waals surface area contributed by atoms with Gasteiger partial charge in [-0.05, 0) is 38.0 Å². The van der Waals surface area contributed by atoms with E-state index in [-0.39, 0.29) is 5.91 Å². The Balaban J connectivity index is 1.44. The van der Waals surface area contributed by atoms with Gasteiger partial charge in [0, 0.05) is 44.3 Å². The van der Waals surface area contributed by atoms with Crippen molar-refractivity contribution in [3.8, 4) is 0 Å². The van der Waals surface area contributed by atoms with Gasteiger partial charge >= 0.3 is 0 Å². The highest BCUT2D eigenvalue weighted by Gasteiger charge is 2.28.